The molecule has 3 aromatic rings. The molecule has 0 aliphatic rings. The molecule has 0 fully saturated rings. The van der Waals surface area contributed by atoms with Crippen LogP contribution < -0.4 is 5.32 Å². The number of amides is 1. The van der Waals surface area contributed by atoms with Crippen molar-refractivity contribution in [1.82, 2.24) is 0 Å². The van der Waals surface area contributed by atoms with E-state index >= 15 is 0 Å². The number of benzene rings is 3. The van der Waals surface area contributed by atoms with Crippen molar-refractivity contribution in [2.75, 3.05) is 5.32 Å². The number of ether oxygens (including phenoxy) is 1. The first-order valence-electron chi connectivity index (χ1n) is 9.68. The summed E-state index contributed by atoms with van der Waals surface area (Å²) in [7, 11) is 0. The van der Waals surface area contributed by atoms with Crippen molar-refractivity contribution < 1.29 is 24.2 Å². The third kappa shape index (κ3) is 6.02. The van der Waals surface area contributed by atoms with Gasteiger partial charge in [0, 0.05) is 29.8 Å². The lowest BCUT2D eigenvalue weighted by Crippen LogP contribution is -2.25. The fourth-order valence-corrected chi connectivity index (χ4v) is 3.15. The number of para-hydroxylation sites is 1. The van der Waals surface area contributed by atoms with Gasteiger partial charge in [-0.25, -0.2) is 4.79 Å². The summed E-state index contributed by atoms with van der Waals surface area (Å²) in [6.45, 7) is 0. The monoisotopic (exact) mass is 481 g/mol. The normalized spacial score (nSPS) is 11.6. The lowest BCUT2D eigenvalue weighted by Gasteiger charge is -2.17. The number of carbonyl (C=O) groups is 2. The Balaban J connectivity index is 1.82. The first-order chi connectivity index (χ1) is 16.3. The molecule has 34 heavy (non-hydrogen) atoms. The minimum Gasteiger partial charge on any atom is -0.444 e. The predicted molar refractivity (Wildman–Crippen MR) is 124 cm³/mol. The summed E-state index contributed by atoms with van der Waals surface area (Å²) in [5.74, 6) is -1.67. The number of nitrogens with one attached hydrogen (secondary N) is 1. The summed E-state index contributed by atoms with van der Waals surface area (Å²) in [5.41, 5.74) is 0.170. The maximum absolute atomic E-state index is 12.9. The van der Waals surface area contributed by atoms with Crippen LogP contribution in [0.1, 0.15) is 17.2 Å². The molecule has 10 nitrogen and oxygen atoms in total. The van der Waals surface area contributed by atoms with Crippen molar-refractivity contribution in [1.29, 1.82) is 0 Å². The molecule has 0 aromatic heterocycles. The van der Waals surface area contributed by atoms with Crippen molar-refractivity contribution in [3.8, 4) is 0 Å². The van der Waals surface area contributed by atoms with Crippen molar-refractivity contribution in [3.63, 3.8) is 0 Å². The number of hydrogen-bond donors (Lipinski definition) is 1. The molecular formula is C23H16ClN3O7. The third-order valence-corrected chi connectivity index (χ3v) is 4.84. The molecule has 0 aliphatic carbocycles. The molecule has 1 amide bonds. The second kappa shape index (κ2) is 10.8. The number of non-ortho nitro benzene ring substituents is 1. The van der Waals surface area contributed by atoms with Crippen molar-refractivity contribution in [2.24, 2.45) is 0 Å². The SMILES string of the molecule is O=C(/C=C/c1ccccc1[N+](=O)[O-])OC(C(=O)Nc1ccc([N+](=O)[O-])cc1Cl)c1ccccc1. The highest BCUT2D eigenvalue weighted by Crippen LogP contribution is 2.28. The number of anilines is 1. The average Bonchev–Trinajstić information content (AvgIpc) is 2.83. The summed E-state index contributed by atoms with van der Waals surface area (Å²) in [6, 6.07) is 17.5. The molecule has 3 aromatic carbocycles. The maximum Gasteiger partial charge on any atom is 0.331 e. The van der Waals surface area contributed by atoms with Gasteiger partial charge in [-0.2, -0.15) is 0 Å². The van der Waals surface area contributed by atoms with Crippen molar-refractivity contribution in [2.45, 2.75) is 6.10 Å². The molecule has 0 heterocycles. The van der Waals surface area contributed by atoms with Gasteiger partial charge in [0.25, 0.3) is 17.3 Å². The molecule has 0 radical (unpaired) electrons. The van der Waals surface area contributed by atoms with E-state index in [1.807, 2.05) is 0 Å². The van der Waals surface area contributed by atoms with Crippen LogP contribution >= 0.6 is 11.6 Å². The largest absolute Gasteiger partial charge is 0.444 e. The van der Waals surface area contributed by atoms with Crippen molar-refractivity contribution in [3.05, 3.63) is 115 Å². The molecule has 3 rings (SSSR count). The molecular weight excluding hydrogens is 466 g/mol. The van der Waals surface area contributed by atoms with Gasteiger partial charge >= 0.3 is 5.97 Å². The Kier molecular flexibility index (Phi) is 7.67. The van der Waals surface area contributed by atoms with Crippen LogP contribution in [-0.2, 0) is 14.3 Å². The summed E-state index contributed by atoms with van der Waals surface area (Å²) in [5, 5.41) is 24.4. The van der Waals surface area contributed by atoms with Gasteiger partial charge in [-0.1, -0.05) is 54.1 Å². The summed E-state index contributed by atoms with van der Waals surface area (Å²) >= 11 is 6.04. The summed E-state index contributed by atoms with van der Waals surface area (Å²) < 4.78 is 5.34. The summed E-state index contributed by atoms with van der Waals surface area (Å²) in [4.78, 5) is 46.2. The minimum absolute atomic E-state index is 0.0722. The topological polar surface area (TPSA) is 142 Å². The number of carbonyl (C=O) groups excluding carboxylic acids is 2. The van der Waals surface area contributed by atoms with Crippen LogP contribution in [0, 0.1) is 20.2 Å². The smallest absolute Gasteiger partial charge is 0.331 e. The van der Waals surface area contributed by atoms with Crippen LogP contribution in [0.2, 0.25) is 5.02 Å². The first-order valence-corrected chi connectivity index (χ1v) is 10.1. The number of rotatable bonds is 8. The van der Waals surface area contributed by atoms with Crippen LogP contribution in [-0.4, -0.2) is 21.7 Å². The molecule has 0 spiro atoms. The number of esters is 1. The highest BCUT2D eigenvalue weighted by Gasteiger charge is 2.25. The lowest BCUT2D eigenvalue weighted by atomic mass is 10.1. The van der Waals surface area contributed by atoms with Gasteiger partial charge in [-0.05, 0) is 18.2 Å². The molecule has 0 saturated heterocycles. The van der Waals surface area contributed by atoms with Gasteiger partial charge in [0.15, 0.2) is 0 Å². The quantitative estimate of drug-likeness (QED) is 0.204. The Hall–Kier alpha value is -4.57. The number of nitrogens with zero attached hydrogens (tertiary/aromatic N) is 2. The van der Waals surface area contributed by atoms with Gasteiger partial charge in [0.2, 0.25) is 6.10 Å². The van der Waals surface area contributed by atoms with E-state index in [2.05, 4.69) is 5.32 Å². The van der Waals surface area contributed by atoms with Gasteiger partial charge in [0.1, 0.15) is 0 Å². The Morgan fingerprint density at radius 3 is 2.26 bits per heavy atom. The van der Waals surface area contributed by atoms with Gasteiger partial charge in [-0.3, -0.25) is 25.0 Å². The Morgan fingerprint density at radius 1 is 0.941 bits per heavy atom. The minimum atomic E-state index is -1.39. The van der Waals surface area contributed by atoms with E-state index in [0.29, 0.717) is 5.56 Å². The van der Waals surface area contributed by atoms with E-state index in [9.17, 15) is 29.8 Å². The average molecular weight is 482 g/mol. The highest BCUT2D eigenvalue weighted by atomic mass is 35.5. The predicted octanol–water partition coefficient (Wildman–Crippen LogP) is 5.09. The summed E-state index contributed by atoms with van der Waals surface area (Å²) in [6.07, 6.45) is 0.799. The second-order valence-corrected chi connectivity index (χ2v) is 7.19. The van der Waals surface area contributed by atoms with E-state index in [1.54, 1.807) is 36.4 Å². The fraction of sp³-hybridized carbons (Fsp3) is 0.0435. The van der Waals surface area contributed by atoms with E-state index in [4.69, 9.17) is 16.3 Å². The molecule has 0 aliphatic heterocycles. The fourth-order valence-electron chi connectivity index (χ4n) is 2.93. The highest BCUT2D eigenvalue weighted by molar-refractivity contribution is 6.34. The number of nitro groups is 2. The zero-order valence-electron chi connectivity index (χ0n) is 17.3. The van der Waals surface area contributed by atoms with Crippen LogP contribution in [0.25, 0.3) is 6.08 Å². The van der Waals surface area contributed by atoms with E-state index in [-0.39, 0.29) is 27.6 Å². The zero-order valence-corrected chi connectivity index (χ0v) is 18.0. The van der Waals surface area contributed by atoms with Crippen LogP contribution in [0.3, 0.4) is 0 Å². The maximum atomic E-state index is 12.9. The number of nitro benzene ring substituents is 2. The third-order valence-electron chi connectivity index (χ3n) is 4.53. The van der Waals surface area contributed by atoms with Gasteiger partial charge < -0.3 is 10.1 Å². The number of hydrogen-bond acceptors (Lipinski definition) is 7. The molecule has 1 unspecified atom stereocenters. The molecule has 0 bridgehead atoms. The standard InChI is InChI=1S/C23H16ClN3O7/c24-18-14-17(26(30)31)11-12-19(18)25-23(29)22(16-7-2-1-3-8-16)34-21(28)13-10-15-6-4-5-9-20(15)27(32)33/h1-14,22H,(H,25,29)/b13-10+. The van der Waals surface area contributed by atoms with Crippen LogP contribution in [0.4, 0.5) is 17.1 Å². The van der Waals surface area contributed by atoms with Crippen molar-refractivity contribution >= 4 is 46.6 Å². The first kappa shape index (κ1) is 24.1. The van der Waals surface area contributed by atoms with E-state index < -0.39 is 27.8 Å². The molecule has 1 atom stereocenters. The Morgan fingerprint density at radius 2 is 1.62 bits per heavy atom. The molecule has 0 saturated carbocycles. The van der Waals surface area contributed by atoms with E-state index in [1.165, 1.54) is 36.4 Å². The molecule has 172 valence electrons. The molecule has 11 heteroatoms. The Bertz CT molecular complexity index is 1280. The van der Waals surface area contributed by atoms with Gasteiger partial charge in [-0.15, -0.1) is 0 Å². The number of halogens is 1. The van der Waals surface area contributed by atoms with Gasteiger partial charge in [0.05, 0.1) is 26.1 Å². The zero-order chi connectivity index (χ0) is 24.7. The second-order valence-electron chi connectivity index (χ2n) is 6.79. The van der Waals surface area contributed by atoms with E-state index in [0.717, 1.165) is 12.1 Å². The lowest BCUT2D eigenvalue weighted by molar-refractivity contribution is -0.385. The van der Waals surface area contributed by atoms with Crippen LogP contribution in [0.15, 0.2) is 78.9 Å². The van der Waals surface area contributed by atoms with Crippen LogP contribution in [0.5, 0.6) is 0 Å². The Labute approximate surface area is 197 Å². The molecule has 1 N–H and O–H groups in total.